The van der Waals surface area contributed by atoms with Crippen LogP contribution in [-0.2, 0) is 0 Å². The van der Waals surface area contributed by atoms with E-state index in [1.54, 1.807) is 42.7 Å². The van der Waals surface area contributed by atoms with Crippen LogP contribution in [-0.4, -0.2) is 46.5 Å². The zero-order chi connectivity index (χ0) is 17.1. The molecule has 0 spiro atoms. The van der Waals surface area contributed by atoms with Crippen molar-refractivity contribution in [2.24, 2.45) is 0 Å². The van der Waals surface area contributed by atoms with Crippen LogP contribution < -0.4 is 10.1 Å². The Morgan fingerprint density at radius 1 is 1.25 bits per heavy atom. The summed E-state index contributed by atoms with van der Waals surface area (Å²) in [6.45, 7) is 0. The van der Waals surface area contributed by atoms with Crippen molar-refractivity contribution in [3.8, 4) is 5.75 Å². The smallest absolute Gasteiger partial charge is 0.255 e. The maximum absolute atomic E-state index is 12.6. The number of hydrogen-bond acceptors (Lipinski definition) is 5. The number of ether oxygens (including phenoxy) is 1. The number of methoxy groups -OCH3 is 1. The van der Waals surface area contributed by atoms with Gasteiger partial charge in [0.2, 0.25) is 0 Å². The van der Waals surface area contributed by atoms with Gasteiger partial charge < -0.3 is 20.3 Å². The molecule has 1 aromatic heterocycles. The fourth-order valence-electron chi connectivity index (χ4n) is 3.21. The SMILES string of the molecule is COc1ccccc1C(=O)NC1C(c2cccnc2)CC(O)C1O. The van der Waals surface area contributed by atoms with Crippen molar-refractivity contribution in [3.63, 3.8) is 0 Å². The van der Waals surface area contributed by atoms with E-state index in [4.69, 9.17) is 4.74 Å². The summed E-state index contributed by atoms with van der Waals surface area (Å²) in [6, 6.07) is 9.97. The average molecular weight is 328 g/mol. The fraction of sp³-hybridized carbons (Fsp3) is 0.333. The van der Waals surface area contributed by atoms with E-state index in [2.05, 4.69) is 10.3 Å². The van der Waals surface area contributed by atoms with Crippen molar-refractivity contribution in [2.45, 2.75) is 30.6 Å². The minimum atomic E-state index is -1.03. The van der Waals surface area contributed by atoms with Crippen LogP contribution in [0.15, 0.2) is 48.8 Å². The van der Waals surface area contributed by atoms with Crippen molar-refractivity contribution < 1.29 is 19.7 Å². The first-order chi connectivity index (χ1) is 11.6. The number of nitrogens with zero attached hydrogens (tertiary/aromatic N) is 1. The number of amides is 1. The Labute approximate surface area is 140 Å². The van der Waals surface area contributed by atoms with Gasteiger partial charge in [-0.15, -0.1) is 0 Å². The van der Waals surface area contributed by atoms with Gasteiger partial charge in [0.25, 0.3) is 5.91 Å². The highest BCUT2D eigenvalue weighted by Gasteiger charge is 2.43. The Kier molecular flexibility index (Phi) is 4.78. The van der Waals surface area contributed by atoms with Gasteiger partial charge in [-0.1, -0.05) is 18.2 Å². The number of para-hydroxylation sites is 1. The second kappa shape index (κ2) is 6.98. The number of hydrogen-bond donors (Lipinski definition) is 3. The molecule has 1 aliphatic rings. The summed E-state index contributed by atoms with van der Waals surface area (Å²) in [6.07, 6.45) is 1.79. The molecule has 6 heteroatoms. The first kappa shape index (κ1) is 16.4. The molecular formula is C18H20N2O4. The first-order valence-corrected chi connectivity index (χ1v) is 7.81. The number of carbonyl (C=O) groups is 1. The van der Waals surface area contributed by atoms with Crippen LogP contribution in [0.1, 0.15) is 28.3 Å². The maximum atomic E-state index is 12.6. The third kappa shape index (κ3) is 3.11. The number of carbonyl (C=O) groups excluding carboxylic acids is 1. The van der Waals surface area contributed by atoms with Crippen LogP contribution in [0.4, 0.5) is 0 Å². The van der Waals surface area contributed by atoms with E-state index in [1.807, 2.05) is 6.07 Å². The molecule has 1 saturated carbocycles. The first-order valence-electron chi connectivity index (χ1n) is 7.81. The second-order valence-corrected chi connectivity index (χ2v) is 5.89. The monoisotopic (exact) mass is 328 g/mol. The second-order valence-electron chi connectivity index (χ2n) is 5.89. The van der Waals surface area contributed by atoms with Crippen LogP contribution in [0.2, 0.25) is 0 Å². The van der Waals surface area contributed by atoms with E-state index in [0.29, 0.717) is 17.7 Å². The molecule has 0 bridgehead atoms. The Morgan fingerprint density at radius 2 is 2.04 bits per heavy atom. The lowest BCUT2D eigenvalue weighted by molar-refractivity contribution is 0.0294. The van der Waals surface area contributed by atoms with E-state index in [-0.39, 0.29) is 11.8 Å². The number of aliphatic hydroxyl groups excluding tert-OH is 2. The number of rotatable bonds is 4. The fourth-order valence-corrected chi connectivity index (χ4v) is 3.21. The van der Waals surface area contributed by atoms with Crippen molar-refractivity contribution in [1.29, 1.82) is 0 Å². The zero-order valence-electron chi connectivity index (χ0n) is 13.3. The highest BCUT2D eigenvalue weighted by Crippen LogP contribution is 2.35. The summed E-state index contributed by atoms with van der Waals surface area (Å²) in [5, 5.41) is 23.2. The third-order valence-corrected chi connectivity index (χ3v) is 4.45. The van der Waals surface area contributed by atoms with Gasteiger partial charge in [-0.2, -0.15) is 0 Å². The van der Waals surface area contributed by atoms with Gasteiger partial charge in [-0.25, -0.2) is 0 Å². The van der Waals surface area contributed by atoms with Gasteiger partial charge in [0.1, 0.15) is 11.9 Å². The highest BCUT2D eigenvalue weighted by atomic mass is 16.5. The normalized spacial score (nSPS) is 26.1. The standard InChI is InChI=1S/C18H20N2O4/c1-24-15-7-3-2-6-12(15)18(23)20-16-13(9-14(21)17(16)22)11-5-4-8-19-10-11/h2-8,10,13-14,16-17,21-22H,9H2,1H3,(H,20,23). The van der Waals surface area contributed by atoms with Crippen molar-refractivity contribution in [3.05, 3.63) is 59.9 Å². The molecule has 0 aliphatic heterocycles. The predicted molar refractivity (Wildman–Crippen MR) is 87.9 cm³/mol. The van der Waals surface area contributed by atoms with E-state index < -0.39 is 18.2 Å². The van der Waals surface area contributed by atoms with E-state index in [1.165, 1.54) is 7.11 Å². The van der Waals surface area contributed by atoms with Crippen LogP contribution >= 0.6 is 0 Å². The molecule has 2 aromatic rings. The third-order valence-electron chi connectivity index (χ3n) is 4.45. The Bertz CT molecular complexity index is 707. The molecule has 3 N–H and O–H groups in total. The van der Waals surface area contributed by atoms with Crippen LogP contribution in [0, 0.1) is 0 Å². The Morgan fingerprint density at radius 3 is 2.75 bits per heavy atom. The molecule has 0 saturated heterocycles. The lowest BCUT2D eigenvalue weighted by Crippen LogP contribution is -2.45. The van der Waals surface area contributed by atoms with Crippen molar-refractivity contribution >= 4 is 5.91 Å². The molecular weight excluding hydrogens is 308 g/mol. The summed E-state index contributed by atoms with van der Waals surface area (Å²) in [5.74, 6) is -0.0946. The minimum absolute atomic E-state index is 0.206. The van der Waals surface area contributed by atoms with Gasteiger partial charge in [0.15, 0.2) is 0 Å². The van der Waals surface area contributed by atoms with Crippen LogP contribution in [0.3, 0.4) is 0 Å². The number of aliphatic hydroxyl groups is 2. The van der Waals surface area contributed by atoms with Gasteiger partial charge in [-0.05, 0) is 30.2 Å². The molecule has 0 radical (unpaired) electrons. The van der Waals surface area contributed by atoms with E-state index >= 15 is 0 Å². The quantitative estimate of drug-likeness (QED) is 0.782. The van der Waals surface area contributed by atoms with E-state index in [9.17, 15) is 15.0 Å². The van der Waals surface area contributed by atoms with Crippen molar-refractivity contribution in [1.82, 2.24) is 10.3 Å². The van der Waals surface area contributed by atoms with E-state index in [0.717, 1.165) is 5.56 Å². The molecule has 1 aromatic carbocycles. The van der Waals surface area contributed by atoms with Gasteiger partial charge in [-0.3, -0.25) is 9.78 Å². The number of aromatic nitrogens is 1. The molecule has 1 heterocycles. The minimum Gasteiger partial charge on any atom is -0.496 e. The average Bonchev–Trinajstić information content (AvgIpc) is 2.90. The molecule has 4 atom stereocenters. The largest absolute Gasteiger partial charge is 0.496 e. The Hall–Kier alpha value is -2.44. The summed E-state index contributed by atoms with van der Waals surface area (Å²) >= 11 is 0. The summed E-state index contributed by atoms with van der Waals surface area (Å²) in [4.78, 5) is 16.7. The topological polar surface area (TPSA) is 91.7 Å². The lowest BCUT2D eigenvalue weighted by Gasteiger charge is -2.24. The predicted octanol–water partition coefficient (Wildman–Crippen LogP) is 1.10. The zero-order valence-corrected chi connectivity index (χ0v) is 13.3. The van der Waals surface area contributed by atoms with Gasteiger partial charge in [0.05, 0.1) is 24.8 Å². The van der Waals surface area contributed by atoms with Crippen molar-refractivity contribution in [2.75, 3.05) is 7.11 Å². The van der Waals surface area contributed by atoms with Crippen LogP contribution in [0.5, 0.6) is 5.75 Å². The van der Waals surface area contributed by atoms with Gasteiger partial charge >= 0.3 is 0 Å². The summed E-state index contributed by atoms with van der Waals surface area (Å²) in [5.41, 5.74) is 1.26. The highest BCUT2D eigenvalue weighted by molar-refractivity contribution is 5.97. The summed E-state index contributed by atoms with van der Waals surface area (Å²) in [7, 11) is 1.50. The molecule has 1 amide bonds. The molecule has 4 unspecified atom stereocenters. The molecule has 6 nitrogen and oxygen atoms in total. The number of nitrogens with one attached hydrogen (secondary N) is 1. The molecule has 1 aliphatic carbocycles. The molecule has 24 heavy (non-hydrogen) atoms. The lowest BCUT2D eigenvalue weighted by atomic mass is 9.94. The maximum Gasteiger partial charge on any atom is 0.255 e. The molecule has 3 rings (SSSR count). The number of pyridine rings is 1. The van der Waals surface area contributed by atoms with Gasteiger partial charge in [0, 0.05) is 18.3 Å². The molecule has 1 fully saturated rings. The van der Waals surface area contributed by atoms with Crippen LogP contribution in [0.25, 0.3) is 0 Å². The summed E-state index contributed by atoms with van der Waals surface area (Å²) < 4.78 is 5.21. The Balaban J connectivity index is 1.84. The molecule has 126 valence electrons. The number of benzene rings is 1.